The number of hydrogen-bond acceptors (Lipinski definition) is 7. The van der Waals surface area contributed by atoms with Gasteiger partial charge >= 0.3 is 0 Å². The molecule has 34 heavy (non-hydrogen) atoms. The van der Waals surface area contributed by atoms with Crippen molar-refractivity contribution in [3.05, 3.63) is 60.8 Å². The number of hydrogen-bond donors (Lipinski definition) is 1. The highest BCUT2D eigenvalue weighted by molar-refractivity contribution is 8.00. The maximum Gasteiger partial charge on any atom is 0.277 e. The summed E-state index contributed by atoms with van der Waals surface area (Å²) in [6, 6.07) is 16.2. The van der Waals surface area contributed by atoms with E-state index in [4.69, 9.17) is 4.42 Å². The molecule has 1 aliphatic rings. The van der Waals surface area contributed by atoms with E-state index in [2.05, 4.69) is 15.2 Å². The summed E-state index contributed by atoms with van der Waals surface area (Å²) in [7, 11) is -3.56. The lowest BCUT2D eigenvalue weighted by molar-refractivity contribution is -0.131. The number of nitrogens with one attached hydrogen (secondary N) is 1. The van der Waals surface area contributed by atoms with Gasteiger partial charge in [-0.05, 0) is 25.1 Å². The van der Waals surface area contributed by atoms with Gasteiger partial charge in [-0.3, -0.25) is 4.79 Å². The maximum atomic E-state index is 13.0. The lowest BCUT2D eigenvalue weighted by Gasteiger charge is -2.35. The van der Waals surface area contributed by atoms with Crippen LogP contribution >= 0.6 is 11.8 Å². The number of sulfonamides is 1. The molecule has 1 N–H and O–H groups in total. The van der Waals surface area contributed by atoms with Crippen LogP contribution in [0.5, 0.6) is 0 Å². The highest BCUT2D eigenvalue weighted by atomic mass is 32.2. The van der Waals surface area contributed by atoms with E-state index in [0.29, 0.717) is 24.2 Å². The van der Waals surface area contributed by atoms with Crippen LogP contribution in [0.25, 0.3) is 22.4 Å². The number of fused-ring (bicyclic) bond motifs is 1. The van der Waals surface area contributed by atoms with Crippen molar-refractivity contribution < 1.29 is 17.6 Å². The quantitative estimate of drug-likeness (QED) is 0.407. The second kappa shape index (κ2) is 9.24. The fourth-order valence-electron chi connectivity index (χ4n) is 3.96. The zero-order valence-electron chi connectivity index (χ0n) is 18.4. The largest absolute Gasteiger partial charge is 0.411 e. The van der Waals surface area contributed by atoms with Crippen molar-refractivity contribution in [2.24, 2.45) is 0 Å². The lowest BCUT2D eigenvalue weighted by atomic mass is 10.2. The summed E-state index contributed by atoms with van der Waals surface area (Å²) < 4.78 is 32.9. The van der Waals surface area contributed by atoms with Crippen LogP contribution < -0.4 is 0 Å². The van der Waals surface area contributed by atoms with Crippen LogP contribution in [-0.4, -0.2) is 70.1 Å². The molecule has 11 heteroatoms. The molecule has 0 aliphatic carbocycles. The number of amides is 1. The molecule has 2 aromatic carbocycles. The second-order valence-electron chi connectivity index (χ2n) is 7.92. The molecule has 1 atom stereocenters. The molecule has 0 saturated carbocycles. The number of para-hydroxylation sites is 1. The van der Waals surface area contributed by atoms with Gasteiger partial charge in [-0.2, -0.15) is 4.31 Å². The van der Waals surface area contributed by atoms with Crippen LogP contribution in [0, 0.1) is 0 Å². The third-order valence-corrected chi connectivity index (χ3v) is 8.62. The Morgan fingerprint density at radius 1 is 1.03 bits per heavy atom. The molecule has 0 spiro atoms. The number of thioether (sulfide) groups is 1. The Morgan fingerprint density at radius 2 is 1.74 bits per heavy atom. The fourth-order valence-corrected chi connectivity index (χ4v) is 6.17. The maximum absolute atomic E-state index is 13.0. The summed E-state index contributed by atoms with van der Waals surface area (Å²) >= 11 is 1.20. The third kappa shape index (κ3) is 4.33. The van der Waals surface area contributed by atoms with Gasteiger partial charge in [0.25, 0.3) is 11.1 Å². The lowest BCUT2D eigenvalue weighted by Crippen LogP contribution is -2.52. The summed E-state index contributed by atoms with van der Waals surface area (Å²) in [5.41, 5.74) is 1.78. The Kier molecular flexibility index (Phi) is 6.15. The van der Waals surface area contributed by atoms with E-state index in [-0.39, 0.29) is 23.9 Å². The Bertz CT molecular complexity index is 1410. The molecule has 9 nitrogen and oxygen atoms in total. The number of rotatable bonds is 6. The van der Waals surface area contributed by atoms with Crippen molar-refractivity contribution in [1.82, 2.24) is 24.4 Å². The van der Waals surface area contributed by atoms with Crippen LogP contribution in [0.2, 0.25) is 0 Å². The van der Waals surface area contributed by atoms with Gasteiger partial charge in [-0.1, -0.05) is 48.2 Å². The molecule has 0 radical (unpaired) electrons. The number of carbonyl (C=O) groups is 1. The van der Waals surface area contributed by atoms with E-state index in [1.165, 1.54) is 16.1 Å². The average Bonchev–Trinajstić information content (AvgIpc) is 3.51. The number of benzene rings is 2. The van der Waals surface area contributed by atoms with Crippen molar-refractivity contribution in [2.75, 3.05) is 26.2 Å². The molecule has 1 aliphatic heterocycles. The summed E-state index contributed by atoms with van der Waals surface area (Å²) in [5.74, 6) is 0.299. The van der Waals surface area contributed by atoms with Crippen LogP contribution in [0.15, 0.2) is 75.3 Å². The number of carbonyl (C=O) groups excluding carboxylic acids is 1. The minimum absolute atomic E-state index is 0.0893. The van der Waals surface area contributed by atoms with E-state index in [0.717, 1.165) is 16.5 Å². The van der Waals surface area contributed by atoms with Crippen molar-refractivity contribution in [3.8, 4) is 11.5 Å². The molecular weight excluding hydrogens is 474 g/mol. The second-order valence-corrected chi connectivity index (χ2v) is 11.2. The molecular formula is C23H23N5O4S2. The van der Waals surface area contributed by atoms with Gasteiger partial charge in [0.1, 0.15) is 0 Å². The van der Waals surface area contributed by atoms with Crippen molar-refractivity contribution >= 4 is 38.6 Å². The van der Waals surface area contributed by atoms with Gasteiger partial charge < -0.3 is 14.3 Å². The van der Waals surface area contributed by atoms with Crippen molar-refractivity contribution in [2.45, 2.75) is 22.3 Å². The molecule has 3 heterocycles. The number of aromatic amines is 1. The van der Waals surface area contributed by atoms with Crippen LogP contribution in [0.1, 0.15) is 6.92 Å². The first-order valence-corrected chi connectivity index (χ1v) is 13.2. The highest BCUT2D eigenvalue weighted by Crippen LogP contribution is 2.31. The monoisotopic (exact) mass is 497 g/mol. The van der Waals surface area contributed by atoms with Crippen LogP contribution in [-0.2, 0) is 14.8 Å². The average molecular weight is 498 g/mol. The van der Waals surface area contributed by atoms with Gasteiger partial charge in [0.15, 0.2) is 0 Å². The SMILES string of the molecule is C[C@H](Sc1nnc(-c2c[nH]c3ccccc23)o1)C(=O)N1CCN(S(=O)(=O)c2ccccc2)CC1. The van der Waals surface area contributed by atoms with Crippen molar-refractivity contribution in [3.63, 3.8) is 0 Å². The number of piperazine rings is 1. The summed E-state index contributed by atoms with van der Waals surface area (Å²) in [6.45, 7) is 2.97. The van der Waals surface area contributed by atoms with Crippen LogP contribution in [0.3, 0.4) is 0 Å². The van der Waals surface area contributed by atoms with Gasteiger partial charge in [-0.25, -0.2) is 8.42 Å². The third-order valence-electron chi connectivity index (χ3n) is 5.78. The number of nitrogens with zero attached hydrogens (tertiary/aromatic N) is 4. The summed E-state index contributed by atoms with van der Waals surface area (Å²) in [5, 5.41) is 9.08. The van der Waals surface area contributed by atoms with Crippen molar-refractivity contribution in [1.29, 1.82) is 0 Å². The zero-order chi connectivity index (χ0) is 23.7. The minimum atomic E-state index is -3.56. The summed E-state index contributed by atoms with van der Waals surface area (Å²) in [4.78, 5) is 18.1. The topological polar surface area (TPSA) is 112 Å². The predicted octanol–water partition coefficient (Wildman–Crippen LogP) is 3.23. The molecule has 1 saturated heterocycles. The first-order chi connectivity index (χ1) is 16.4. The first kappa shape index (κ1) is 22.6. The first-order valence-electron chi connectivity index (χ1n) is 10.8. The van der Waals surface area contributed by atoms with Gasteiger partial charge in [0, 0.05) is 43.3 Å². The molecule has 0 bridgehead atoms. The number of H-pyrrole nitrogens is 1. The normalized spacial score (nSPS) is 16.1. The summed E-state index contributed by atoms with van der Waals surface area (Å²) in [6.07, 6.45) is 1.82. The Labute approximate surface area is 201 Å². The Balaban J connectivity index is 1.20. The van der Waals surface area contributed by atoms with Crippen LogP contribution in [0.4, 0.5) is 0 Å². The molecule has 1 fully saturated rings. The molecule has 2 aromatic heterocycles. The Morgan fingerprint density at radius 3 is 2.50 bits per heavy atom. The van der Waals surface area contributed by atoms with Gasteiger partial charge in [0.05, 0.1) is 15.7 Å². The van der Waals surface area contributed by atoms with Gasteiger partial charge in [-0.15, -0.1) is 10.2 Å². The van der Waals surface area contributed by atoms with E-state index < -0.39 is 15.3 Å². The fraction of sp³-hybridized carbons (Fsp3) is 0.261. The molecule has 0 unspecified atom stereocenters. The standard InChI is InChI=1S/C23H23N5O4S2/c1-16(33-23-26-25-21(32-23)19-15-24-20-10-6-5-9-18(19)20)22(29)27-11-13-28(14-12-27)34(30,31)17-7-3-2-4-8-17/h2-10,15-16,24H,11-14H2,1H3/t16-/m0/s1. The minimum Gasteiger partial charge on any atom is -0.411 e. The molecule has 5 rings (SSSR count). The van der Waals surface area contributed by atoms with Gasteiger partial charge in [0.2, 0.25) is 15.9 Å². The van der Waals surface area contributed by atoms with E-state index >= 15 is 0 Å². The Hall–Kier alpha value is -3.15. The zero-order valence-corrected chi connectivity index (χ0v) is 20.1. The molecule has 4 aromatic rings. The molecule has 1 amide bonds. The smallest absolute Gasteiger partial charge is 0.277 e. The molecule has 176 valence electrons. The van der Waals surface area contributed by atoms with E-state index in [1.54, 1.807) is 42.2 Å². The predicted molar refractivity (Wildman–Crippen MR) is 129 cm³/mol. The highest BCUT2D eigenvalue weighted by Gasteiger charge is 2.32. The van der Waals surface area contributed by atoms with E-state index in [9.17, 15) is 13.2 Å². The number of aromatic nitrogens is 3. The van der Waals surface area contributed by atoms with E-state index in [1.807, 2.05) is 30.5 Å².